The standard InChI is InChI=1S/C22H19NO4S/c24-22(23-18-9-8-17-12-13-28(25,26)21(17)15-18)14-16-6-10-20(11-7-16)27-19-4-2-1-3-5-19/h1-13,15,25-26H,14H2,(H,23,24). The van der Waals surface area contributed by atoms with Gasteiger partial charge in [0.15, 0.2) is 0 Å². The lowest BCUT2D eigenvalue weighted by Crippen LogP contribution is -2.14. The van der Waals surface area contributed by atoms with Crippen LogP contribution in [0.3, 0.4) is 0 Å². The zero-order chi connectivity index (χ0) is 19.6. The number of fused-ring (bicyclic) bond motifs is 1. The van der Waals surface area contributed by atoms with Crippen molar-refractivity contribution in [2.45, 2.75) is 11.3 Å². The van der Waals surface area contributed by atoms with Crippen LogP contribution in [0, 0.1) is 0 Å². The van der Waals surface area contributed by atoms with Crippen molar-refractivity contribution in [3.63, 3.8) is 0 Å². The highest BCUT2D eigenvalue weighted by Crippen LogP contribution is 2.56. The van der Waals surface area contributed by atoms with Gasteiger partial charge >= 0.3 is 0 Å². The van der Waals surface area contributed by atoms with Gasteiger partial charge in [0.05, 0.1) is 11.3 Å². The van der Waals surface area contributed by atoms with Crippen molar-refractivity contribution in [1.82, 2.24) is 0 Å². The van der Waals surface area contributed by atoms with E-state index in [1.54, 1.807) is 24.3 Å². The fourth-order valence-corrected chi connectivity index (χ4v) is 4.21. The van der Waals surface area contributed by atoms with Gasteiger partial charge in [-0.25, -0.2) is 0 Å². The molecule has 1 aliphatic rings. The maximum atomic E-state index is 12.3. The summed E-state index contributed by atoms with van der Waals surface area (Å²) < 4.78 is 25.7. The van der Waals surface area contributed by atoms with Crippen molar-refractivity contribution >= 4 is 28.3 Å². The maximum Gasteiger partial charge on any atom is 0.228 e. The molecule has 1 aliphatic heterocycles. The van der Waals surface area contributed by atoms with E-state index >= 15 is 0 Å². The first kappa shape index (κ1) is 18.3. The summed E-state index contributed by atoms with van der Waals surface area (Å²) in [6.45, 7) is 0. The highest BCUT2D eigenvalue weighted by Gasteiger charge is 2.22. The van der Waals surface area contributed by atoms with E-state index in [1.165, 1.54) is 5.41 Å². The summed E-state index contributed by atoms with van der Waals surface area (Å²) in [6.07, 6.45) is 1.88. The third kappa shape index (κ3) is 4.09. The van der Waals surface area contributed by atoms with Crippen LogP contribution in [-0.4, -0.2) is 15.0 Å². The van der Waals surface area contributed by atoms with E-state index in [0.29, 0.717) is 16.3 Å². The molecule has 3 aromatic carbocycles. The number of amides is 1. The minimum Gasteiger partial charge on any atom is -0.457 e. The molecule has 0 fully saturated rings. The molecule has 3 N–H and O–H groups in total. The molecule has 142 valence electrons. The van der Waals surface area contributed by atoms with E-state index in [1.807, 2.05) is 54.6 Å². The number of benzene rings is 3. The molecule has 0 unspecified atom stereocenters. The van der Waals surface area contributed by atoms with Gasteiger partial charge in [-0.2, -0.15) is 0 Å². The molecule has 0 saturated carbocycles. The van der Waals surface area contributed by atoms with E-state index < -0.39 is 10.6 Å². The first-order chi connectivity index (χ1) is 13.5. The lowest BCUT2D eigenvalue weighted by molar-refractivity contribution is -0.115. The quantitative estimate of drug-likeness (QED) is 0.515. The molecule has 0 aliphatic carbocycles. The van der Waals surface area contributed by atoms with E-state index in [9.17, 15) is 13.9 Å². The van der Waals surface area contributed by atoms with E-state index in [4.69, 9.17) is 4.74 Å². The molecule has 6 heteroatoms. The largest absolute Gasteiger partial charge is 0.457 e. The zero-order valence-electron chi connectivity index (χ0n) is 14.9. The van der Waals surface area contributed by atoms with Gasteiger partial charge in [0.2, 0.25) is 5.91 Å². The van der Waals surface area contributed by atoms with Crippen LogP contribution < -0.4 is 10.1 Å². The Hall–Kier alpha value is -3.06. The highest BCUT2D eigenvalue weighted by molar-refractivity contribution is 8.27. The predicted octanol–water partition coefficient (Wildman–Crippen LogP) is 5.75. The zero-order valence-corrected chi connectivity index (χ0v) is 15.7. The number of nitrogens with one attached hydrogen (secondary N) is 1. The van der Waals surface area contributed by atoms with Gasteiger partial charge in [-0.15, -0.1) is 10.6 Å². The first-order valence-electron chi connectivity index (χ1n) is 8.72. The molecule has 0 bridgehead atoms. The minimum absolute atomic E-state index is 0.181. The van der Waals surface area contributed by atoms with Gasteiger partial charge in [-0.05, 0) is 53.6 Å². The second-order valence-corrected chi connectivity index (χ2v) is 8.33. The van der Waals surface area contributed by atoms with Crippen LogP contribution in [0.5, 0.6) is 11.5 Å². The molecule has 0 saturated heterocycles. The van der Waals surface area contributed by atoms with Crippen LogP contribution in [0.1, 0.15) is 11.1 Å². The summed E-state index contributed by atoms with van der Waals surface area (Å²) in [4.78, 5) is 12.8. The molecule has 4 rings (SSSR count). The molecule has 0 aromatic heterocycles. The Bertz CT molecular complexity index is 1030. The Morgan fingerprint density at radius 1 is 0.929 bits per heavy atom. The molecule has 0 radical (unpaired) electrons. The number of ether oxygens (including phenoxy) is 1. The summed E-state index contributed by atoms with van der Waals surface area (Å²) in [6, 6.07) is 22.0. The number of rotatable bonds is 5. The summed E-state index contributed by atoms with van der Waals surface area (Å²) in [5, 5.41) is 4.20. The normalized spacial score (nSPS) is 14.9. The van der Waals surface area contributed by atoms with Gasteiger partial charge in [0.1, 0.15) is 11.5 Å². The van der Waals surface area contributed by atoms with Crippen molar-refractivity contribution in [3.05, 3.63) is 89.3 Å². The van der Waals surface area contributed by atoms with Gasteiger partial charge in [0, 0.05) is 11.1 Å². The number of carbonyl (C=O) groups excluding carboxylic acids is 1. The van der Waals surface area contributed by atoms with Crippen molar-refractivity contribution in [1.29, 1.82) is 0 Å². The van der Waals surface area contributed by atoms with Gasteiger partial charge in [-0.1, -0.05) is 36.4 Å². The predicted molar refractivity (Wildman–Crippen MR) is 112 cm³/mol. The molecule has 5 nitrogen and oxygen atoms in total. The number of hydrogen-bond acceptors (Lipinski definition) is 4. The topological polar surface area (TPSA) is 78.8 Å². The van der Waals surface area contributed by atoms with Crippen LogP contribution in [-0.2, 0) is 11.2 Å². The molecule has 0 atom stereocenters. The third-order valence-corrected chi connectivity index (χ3v) is 5.84. The Labute approximate surface area is 164 Å². The lowest BCUT2D eigenvalue weighted by atomic mass is 10.1. The molecule has 28 heavy (non-hydrogen) atoms. The second-order valence-electron chi connectivity index (χ2n) is 6.43. The Morgan fingerprint density at radius 3 is 2.39 bits per heavy atom. The summed E-state index contributed by atoms with van der Waals surface area (Å²) in [7, 11) is -2.90. The lowest BCUT2D eigenvalue weighted by Gasteiger charge is -2.25. The van der Waals surface area contributed by atoms with E-state index in [-0.39, 0.29) is 12.3 Å². The fraction of sp³-hybridized carbons (Fsp3) is 0.0455. The van der Waals surface area contributed by atoms with Gasteiger partial charge in [-0.3, -0.25) is 13.9 Å². The maximum absolute atomic E-state index is 12.3. The average molecular weight is 393 g/mol. The SMILES string of the molecule is O=C(Cc1ccc(Oc2ccccc2)cc1)Nc1ccc2c(c1)S(O)(O)C=C2. The molecule has 1 heterocycles. The van der Waals surface area contributed by atoms with Crippen molar-refractivity contribution in [3.8, 4) is 11.5 Å². The highest BCUT2D eigenvalue weighted by atomic mass is 32.3. The Balaban J connectivity index is 1.38. The van der Waals surface area contributed by atoms with Crippen LogP contribution in [0.25, 0.3) is 6.08 Å². The van der Waals surface area contributed by atoms with Crippen LogP contribution in [0.2, 0.25) is 0 Å². The Kier molecular flexibility index (Phi) is 4.92. The fourth-order valence-electron chi connectivity index (χ4n) is 2.94. The molecule has 1 amide bonds. The molecule has 3 aromatic rings. The van der Waals surface area contributed by atoms with Crippen molar-refractivity contribution in [2.75, 3.05) is 5.32 Å². The summed E-state index contributed by atoms with van der Waals surface area (Å²) in [5.41, 5.74) is 2.15. The smallest absolute Gasteiger partial charge is 0.228 e. The van der Waals surface area contributed by atoms with Crippen LogP contribution in [0.4, 0.5) is 5.69 Å². The third-order valence-electron chi connectivity index (χ3n) is 4.33. The van der Waals surface area contributed by atoms with Crippen LogP contribution >= 0.6 is 10.6 Å². The first-order valence-corrected chi connectivity index (χ1v) is 10.3. The minimum atomic E-state index is -2.90. The van der Waals surface area contributed by atoms with Crippen molar-refractivity contribution < 1.29 is 18.6 Å². The van der Waals surface area contributed by atoms with Gasteiger partial charge < -0.3 is 10.1 Å². The number of para-hydroxylation sites is 1. The van der Waals surface area contributed by atoms with Gasteiger partial charge in [0.25, 0.3) is 0 Å². The summed E-state index contributed by atoms with van der Waals surface area (Å²) >= 11 is 0. The Morgan fingerprint density at radius 2 is 1.64 bits per heavy atom. The molecule has 0 spiro atoms. The number of hydrogen-bond donors (Lipinski definition) is 3. The van der Waals surface area contributed by atoms with E-state index in [0.717, 1.165) is 16.9 Å². The average Bonchev–Trinajstić information content (AvgIpc) is 2.99. The monoisotopic (exact) mass is 393 g/mol. The molecular weight excluding hydrogens is 374 g/mol. The van der Waals surface area contributed by atoms with Crippen LogP contribution in [0.15, 0.2) is 83.1 Å². The van der Waals surface area contributed by atoms with Crippen molar-refractivity contribution in [2.24, 2.45) is 0 Å². The second kappa shape index (κ2) is 7.52. The number of carbonyl (C=O) groups is 1. The van der Waals surface area contributed by atoms with E-state index in [2.05, 4.69) is 5.32 Å². The summed E-state index contributed by atoms with van der Waals surface area (Å²) in [5.74, 6) is 1.27. The number of anilines is 1. The molecular formula is C22H19NO4S.